The fraction of sp³-hybridized carbons (Fsp3) is 0. The van der Waals surface area contributed by atoms with Crippen LogP contribution in [0.25, 0.3) is 10.8 Å². The number of esters is 1. The molecular weight excluding hydrogens is 282 g/mol. The fourth-order valence-corrected chi connectivity index (χ4v) is 2.24. The lowest BCUT2D eigenvalue weighted by Gasteiger charge is -2.08. The van der Waals surface area contributed by atoms with Crippen molar-refractivity contribution in [2.75, 3.05) is 0 Å². The van der Waals surface area contributed by atoms with Crippen molar-refractivity contribution in [2.24, 2.45) is 0 Å². The van der Waals surface area contributed by atoms with Crippen molar-refractivity contribution >= 4 is 22.4 Å². The number of hydrogen-bond acceptors (Lipinski definition) is 4. The number of ether oxygens (including phenoxy) is 1. The molecule has 0 amide bonds. The Morgan fingerprint density at radius 3 is 2.41 bits per heavy atom. The molecule has 0 aliphatic heterocycles. The second kappa shape index (κ2) is 5.65. The molecule has 0 spiro atoms. The van der Waals surface area contributed by atoms with Crippen molar-refractivity contribution in [1.82, 2.24) is 0 Å². The zero-order valence-electron chi connectivity index (χ0n) is 11.4. The SMILES string of the molecule is O=C(Oc1cccc2ccccc12)c1ccccc1[N+](=O)[O-]. The molecule has 0 aromatic heterocycles. The average Bonchev–Trinajstić information content (AvgIpc) is 2.55. The van der Waals surface area contributed by atoms with Crippen LogP contribution in [0.4, 0.5) is 5.69 Å². The van der Waals surface area contributed by atoms with Crippen molar-refractivity contribution < 1.29 is 14.5 Å². The number of nitrogens with zero attached hydrogens (tertiary/aromatic N) is 1. The monoisotopic (exact) mass is 293 g/mol. The van der Waals surface area contributed by atoms with Gasteiger partial charge in [0.15, 0.2) is 0 Å². The number of hydrogen-bond donors (Lipinski definition) is 0. The molecule has 0 radical (unpaired) electrons. The highest BCUT2D eigenvalue weighted by atomic mass is 16.6. The second-order valence-electron chi connectivity index (χ2n) is 4.64. The van der Waals surface area contributed by atoms with Gasteiger partial charge in [-0.2, -0.15) is 0 Å². The number of carbonyl (C=O) groups excluding carboxylic acids is 1. The first-order valence-corrected chi connectivity index (χ1v) is 6.60. The second-order valence-corrected chi connectivity index (χ2v) is 4.64. The van der Waals surface area contributed by atoms with Crippen molar-refractivity contribution in [3.8, 4) is 5.75 Å². The first-order chi connectivity index (χ1) is 10.7. The number of para-hydroxylation sites is 1. The molecule has 22 heavy (non-hydrogen) atoms. The predicted molar refractivity (Wildman–Crippen MR) is 82.0 cm³/mol. The van der Waals surface area contributed by atoms with Gasteiger partial charge in [0, 0.05) is 11.5 Å². The topological polar surface area (TPSA) is 69.4 Å². The van der Waals surface area contributed by atoms with Gasteiger partial charge in [0.25, 0.3) is 5.69 Å². The Kier molecular flexibility index (Phi) is 3.53. The summed E-state index contributed by atoms with van der Waals surface area (Å²) < 4.78 is 5.36. The van der Waals surface area contributed by atoms with E-state index in [0.717, 1.165) is 10.8 Å². The van der Waals surface area contributed by atoms with Gasteiger partial charge < -0.3 is 4.74 Å². The molecule has 0 N–H and O–H groups in total. The van der Waals surface area contributed by atoms with Gasteiger partial charge in [0.05, 0.1) is 4.92 Å². The summed E-state index contributed by atoms with van der Waals surface area (Å²) in [5.74, 6) is -0.370. The van der Waals surface area contributed by atoms with E-state index < -0.39 is 10.9 Å². The molecule has 3 rings (SSSR count). The lowest BCUT2D eigenvalue weighted by atomic mass is 10.1. The molecule has 0 aliphatic carbocycles. The van der Waals surface area contributed by atoms with Crippen LogP contribution in [0, 0.1) is 10.1 Å². The Hall–Kier alpha value is -3.21. The standard InChI is InChI=1S/C17H11NO4/c19-17(14-9-3-4-10-15(14)18(20)21)22-16-11-5-7-12-6-1-2-8-13(12)16/h1-11H. The number of nitro benzene ring substituents is 1. The van der Waals surface area contributed by atoms with Gasteiger partial charge in [-0.3, -0.25) is 10.1 Å². The molecule has 0 saturated carbocycles. The molecule has 0 fully saturated rings. The largest absolute Gasteiger partial charge is 0.422 e. The lowest BCUT2D eigenvalue weighted by molar-refractivity contribution is -0.385. The van der Waals surface area contributed by atoms with E-state index in [4.69, 9.17) is 4.74 Å². The molecule has 0 unspecified atom stereocenters. The van der Waals surface area contributed by atoms with E-state index in [0.29, 0.717) is 5.75 Å². The minimum atomic E-state index is -0.747. The quantitative estimate of drug-likeness (QED) is 0.317. The smallest absolute Gasteiger partial charge is 0.350 e. The minimum Gasteiger partial charge on any atom is -0.422 e. The van der Waals surface area contributed by atoms with Crippen molar-refractivity contribution in [3.05, 3.63) is 82.4 Å². The van der Waals surface area contributed by atoms with E-state index in [-0.39, 0.29) is 11.3 Å². The third-order valence-electron chi connectivity index (χ3n) is 3.27. The maximum absolute atomic E-state index is 12.3. The summed E-state index contributed by atoms with van der Waals surface area (Å²) in [5, 5.41) is 12.7. The molecule has 3 aromatic carbocycles. The zero-order chi connectivity index (χ0) is 15.5. The van der Waals surface area contributed by atoms with Crippen LogP contribution < -0.4 is 4.74 Å². The molecule has 0 atom stereocenters. The van der Waals surface area contributed by atoms with Crippen molar-refractivity contribution in [2.45, 2.75) is 0 Å². The van der Waals surface area contributed by atoms with Crippen LogP contribution in [0.5, 0.6) is 5.75 Å². The van der Waals surface area contributed by atoms with Gasteiger partial charge in [-0.1, -0.05) is 48.5 Å². The molecule has 0 bridgehead atoms. The number of nitro groups is 1. The van der Waals surface area contributed by atoms with Crippen LogP contribution in [0.15, 0.2) is 66.7 Å². The minimum absolute atomic E-state index is 0.0690. The molecule has 3 aromatic rings. The normalized spacial score (nSPS) is 10.4. The zero-order valence-corrected chi connectivity index (χ0v) is 11.4. The number of fused-ring (bicyclic) bond motifs is 1. The van der Waals surface area contributed by atoms with E-state index in [9.17, 15) is 14.9 Å². The Bertz CT molecular complexity index is 868. The highest BCUT2D eigenvalue weighted by Gasteiger charge is 2.21. The van der Waals surface area contributed by atoms with Crippen LogP contribution in [0.3, 0.4) is 0 Å². The van der Waals surface area contributed by atoms with Crippen LogP contribution in [0.1, 0.15) is 10.4 Å². The van der Waals surface area contributed by atoms with E-state index in [1.807, 2.05) is 30.3 Å². The Balaban J connectivity index is 1.99. The van der Waals surface area contributed by atoms with E-state index in [1.54, 1.807) is 18.2 Å². The fourth-order valence-electron chi connectivity index (χ4n) is 2.24. The highest BCUT2D eigenvalue weighted by molar-refractivity contribution is 5.98. The van der Waals surface area contributed by atoms with Gasteiger partial charge in [-0.25, -0.2) is 4.79 Å². The summed E-state index contributed by atoms with van der Waals surface area (Å²) in [7, 11) is 0. The van der Waals surface area contributed by atoms with Gasteiger partial charge in [0.2, 0.25) is 0 Å². The molecular formula is C17H11NO4. The summed E-state index contributed by atoms with van der Waals surface area (Å²) in [6.07, 6.45) is 0. The van der Waals surface area contributed by atoms with Crippen molar-refractivity contribution in [1.29, 1.82) is 0 Å². The summed E-state index contributed by atoms with van der Waals surface area (Å²) >= 11 is 0. The number of benzene rings is 3. The summed E-state index contributed by atoms with van der Waals surface area (Å²) in [6, 6.07) is 18.5. The Labute approximate surface area is 125 Å². The van der Waals surface area contributed by atoms with Crippen LogP contribution in [-0.4, -0.2) is 10.9 Å². The van der Waals surface area contributed by atoms with Gasteiger partial charge in [0.1, 0.15) is 11.3 Å². The predicted octanol–water partition coefficient (Wildman–Crippen LogP) is 3.97. The first kappa shape index (κ1) is 13.8. The maximum Gasteiger partial charge on any atom is 0.350 e. The first-order valence-electron chi connectivity index (χ1n) is 6.60. The van der Waals surface area contributed by atoms with Gasteiger partial charge in [-0.15, -0.1) is 0 Å². The van der Waals surface area contributed by atoms with E-state index >= 15 is 0 Å². The summed E-state index contributed by atoms with van der Waals surface area (Å²) in [4.78, 5) is 22.6. The van der Waals surface area contributed by atoms with Gasteiger partial charge in [-0.05, 0) is 17.5 Å². The van der Waals surface area contributed by atoms with Crippen LogP contribution in [0.2, 0.25) is 0 Å². The lowest BCUT2D eigenvalue weighted by Crippen LogP contribution is -2.11. The molecule has 5 heteroatoms. The molecule has 5 nitrogen and oxygen atoms in total. The van der Waals surface area contributed by atoms with Crippen molar-refractivity contribution in [3.63, 3.8) is 0 Å². The Morgan fingerprint density at radius 1 is 0.909 bits per heavy atom. The summed E-state index contributed by atoms with van der Waals surface area (Å²) in [5.41, 5.74) is -0.340. The van der Waals surface area contributed by atoms with Gasteiger partial charge >= 0.3 is 5.97 Å². The third-order valence-corrected chi connectivity index (χ3v) is 3.27. The average molecular weight is 293 g/mol. The third kappa shape index (κ3) is 2.52. The van der Waals surface area contributed by atoms with E-state index in [2.05, 4.69) is 0 Å². The Morgan fingerprint density at radius 2 is 1.59 bits per heavy atom. The maximum atomic E-state index is 12.3. The molecule has 0 heterocycles. The highest BCUT2D eigenvalue weighted by Crippen LogP contribution is 2.27. The number of carbonyl (C=O) groups is 1. The summed E-state index contributed by atoms with van der Waals surface area (Å²) in [6.45, 7) is 0. The van der Waals surface area contributed by atoms with Crippen LogP contribution in [-0.2, 0) is 0 Å². The molecule has 0 saturated heterocycles. The van der Waals surface area contributed by atoms with Crippen LogP contribution >= 0.6 is 0 Å². The number of rotatable bonds is 3. The molecule has 108 valence electrons. The van der Waals surface area contributed by atoms with E-state index in [1.165, 1.54) is 18.2 Å². The molecule has 0 aliphatic rings.